The molecule has 0 radical (unpaired) electrons. The Labute approximate surface area is 138 Å². The first kappa shape index (κ1) is 13.2. The summed E-state index contributed by atoms with van der Waals surface area (Å²) in [6.45, 7) is 0. The molecule has 8 heteroatoms. The van der Waals surface area contributed by atoms with Crippen LogP contribution in [0.25, 0.3) is 27.8 Å². The number of halogens is 2. The Balaban J connectivity index is 2.24. The molecule has 0 saturated heterocycles. The average molecular weight is 353 g/mol. The Morgan fingerprint density at radius 2 is 1.95 bits per heavy atom. The molecule has 2 aromatic heterocycles. The van der Waals surface area contributed by atoms with E-state index in [0.717, 1.165) is 28.3 Å². The first-order valence-electron chi connectivity index (χ1n) is 5.97. The third kappa shape index (κ3) is 1.91. The lowest BCUT2D eigenvalue weighted by Crippen LogP contribution is -1.97. The fourth-order valence-corrected chi connectivity index (χ4v) is 3.68. The highest BCUT2D eigenvalue weighted by Crippen LogP contribution is 2.33. The molecule has 0 bridgehead atoms. The van der Waals surface area contributed by atoms with Crippen molar-refractivity contribution in [3.63, 3.8) is 0 Å². The molecule has 0 unspecified atom stereocenters. The monoisotopic (exact) mass is 352 g/mol. The van der Waals surface area contributed by atoms with Crippen LogP contribution in [0.3, 0.4) is 0 Å². The average Bonchev–Trinajstić information content (AvgIpc) is 3.04. The van der Waals surface area contributed by atoms with Crippen LogP contribution in [0.5, 0.6) is 0 Å². The maximum atomic E-state index is 6.39. The van der Waals surface area contributed by atoms with Gasteiger partial charge in [-0.3, -0.25) is 4.57 Å². The van der Waals surface area contributed by atoms with Crippen molar-refractivity contribution in [3.05, 3.63) is 45.1 Å². The third-order valence-corrected chi connectivity index (χ3v) is 4.67. The molecule has 0 fully saturated rings. The van der Waals surface area contributed by atoms with Crippen LogP contribution in [0.15, 0.2) is 30.3 Å². The molecule has 21 heavy (non-hydrogen) atoms. The first-order valence-corrected chi connectivity index (χ1v) is 7.86. The molecule has 0 aliphatic heterocycles. The second-order valence-corrected chi connectivity index (χ2v) is 6.16. The zero-order chi connectivity index (χ0) is 14.6. The van der Waals surface area contributed by atoms with Crippen LogP contribution in [0.4, 0.5) is 0 Å². The van der Waals surface area contributed by atoms with Crippen molar-refractivity contribution in [2.24, 2.45) is 0 Å². The van der Waals surface area contributed by atoms with E-state index in [2.05, 4.69) is 13.7 Å². The molecule has 1 N–H and O–H groups in total. The van der Waals surface area contributed by atoms with Crippen molar-refractivity contribution in [3.8, 4) is 5.69 Å². The maximum Gasteiger partial charge on any atom is 0.182 e. The molecule has 0 amide bonds. The van der Waals surface area contributed by atoms with E-state index in [-0.39, 0.29) is 0 Å². The van der Waals surface area contributed by atoms with E-state index >= 15 is 0 Å². The van der Waals surface area contributed by atoms with E-state index in [9.17, 15) is 0 Å². The molecule has 4 nitrogen and oxygen atoms in total. The van der Waals surface area contributed by atoms with Crippen LogP contribution in [-0.2, 0) is 0 Å². The summed E-state index contributed by atoms with van der Waals surface area (Å²) in [6, 6.07) is 9.23. The number of H-pyrrole nitrogens is 1. The number of aromatic amines is 1. The van der Waals surface area contributed by atoms with Crippen molar-refractivity contribution in [2.45, 2.75) is 0 Å². The fraction of sp³-hybridized carbons (Fsp3) is 0. The van der Waals surface area contributed by atoms with Gasteiger partial charge < -0.3 is 4.98 Å². The van der Waals surface area contributed by atoms with E-state index in [0.29, 0.717) is 26.0 Å². The quantitative estimate of drug-likeness (QED) is 0.490. The number of rotatable bonds is 1. The number of fused-ring (bicyclic) bond motifs is 2. The van der Waals surface area contributed by atoms with Crippen LogP contribution in [0, 0.1) is 4.77 Å². The number of nitrogens with one attached hydrogen (secondary N) is 1. The van der Waals surface area contributed by atoms with Gasteiger partial charge in [0, 0.05) is 0 Å². The number of benzene rings is 2. The number of nitrogens with zero attached hydrogens (tertiary/aromatic N) is 3. The van der Waals surface area contributed by atoms with Gasteiger partial charge in [0.1, 0.15) is 11.0 Å². The summed E-state index contributed by atoms with van der Waals surface area (Å²) < 4.78 is 10.9. The number of imidazole rings is 1. The highest BCUT2D eigenvalue weighted by Gasteiger charge is 2.17. The molecular weight excluding hydrogens is 347 g/mol. The summed E-state index contributed by atoms with van der Waals surface area (Å²) >= 11 is 19.3. The molecule has 0 spiro atoms. The fourth-order valence-electron chi connectivity index (χ4n) is 2.36. The van der Waals surface area contributed by atoms with E-state index in [1.54, 1.807) is 6.07 Å². The number of para-hydroxylation sites is 1. The molecule has 2 aromatic carbocycles. The number of aromatic nitrogens is 4. The standard InChI is InChI=1S/C13H6Cl2N4S2/c14-6-2-1-3-9-11(6)19(13(20)16-9)12-7(15)4-5-8-10(12)18-21-17-8/h1-5H,(H,16,20). The Bertz CT molecular complexity index is 1050. The summed E-state index contributed by atoms with van der Waals surface area (Å²) in [7, 11) is 0. The molecule has 4 rings (SSSR count). The van der Waals surface area contributed by atoms with Gasteiger partial charge >= 0.3 is 0 Å². The number of hydrogen-bond donors (Lipinski definition) is 1. The van der Waals surface area contributed by atoms with Gasteiger partial charge in [0.15, 0.2) is 4.77 Å². The maximum absolute atomic E-state index is 6.39. The predicted molar refractivity (Wildman–Crippen MR) is 89.5 cm³/mol. The van der Waals surface area contributed by atoms with Crippen LogP contribution >= 0.6 is 47.1 Å². The zero-order valence-electron chi connectivity index (χ0n) is 10.3. The van der Waals surface area contributed by atoms with E-state index in [4.69, 9.17) is 35.4 Å². The van der Waals surface area contributed by atoms with Crippen molar-refractivity contribution in [1.82, 2.24) is 18.3 Å². The highest BCUT2D eigenvalue weighted by molar-refractivity contribution is 7.71. The molecular formula is C13H6Cl2N4S2. The van der Waals surface area contributed by atoms with Crippen molar-refractivity contribution < 1.29 is 0 Å². The van der Waals surface area contributed by atoms with Crippen LogP contribution in [0.2, 0.25) is 10.0 Å². The lowest BCUT2D eigenvalue weighted by atomic mass is 10.2. The van der Waals surface area contributed by atoms with E-state index in [1.165, 1.54) is 0 Å². The second kappa shape index (κ2) is 4.78. The predicted octanol–water partition coefficient (Wildman–Crippen LogP) is 5.00. The normalized spacial score (nSPS) is 11.5. The third-order valence-electron chi connectivity index (χ3n) is 3.23. The smallest absolute Gasteiger partial charge is 0.182 e. The van der Waals surface area contributed by atoms with Gasteiger partial charge in [0.2, 0.25) is 0 Å². The van der Waals surface area contributed by atoms with Crippen LogP contribution in [-0.4, -0.2) is 18.3 Å². The zero-order valence-corrected chi connectivity index (χ0v) is 13.4. The van der Waals surface area contributed by atoms with E-state index in [1.807, 2.05) is 28.8 Å². The van der Waals surface area contributed by atoms with E-state index < -0.39 is 0 Å². The van der Waals surface area contributed by atoms with Gasteiger partial charge in [-0.15, -0.1) is 0 Å². The van der Waals surface area contributed by atoms with Gasteiger partial charge in [-0.25, -0.2) is 0 Å². The minimum Gasteiger partial charge on any atom is -0.330 e. The molecule has 0 saturated carbocycles. The number of hydrogen-bond acceptors (Lipinski definition) is 4. The van der Waals surface area contributed by atoms with Gasteiger partial charge in [-0.05, 0) is 36.5 Å². The van der Waals surface area contributed by atoms with Crippen molar-refractivity contribution in [1.29, 1.82) is 0 Å². The molecule has 0 aliphatic carbocycles. The van der Waals surface area contributed by atoms with Gasteiger partial charge in [-0.2, -0.15) is 8.75 Å². The van der Waals surface area contributed by atoms with Crippen molar-refractivity contribution >= 4 is 69.2 Å². The first-order chi connectivity index (χ1) is 10.2. The Hall–Kier alpha value is -1.47. The van der Waals surface area contributed by atoms with Gasteiger partial charge in [-0.1, -0.05) is 29.3 Å². The second-order valence-electron chi connectivity index (χ2n) is 4.43. The summed E-state index contributed by atoms with van der Waals surface area (Å²) in [5.41, 5.74) is 3.83. The topological polar surface area (TPSA) is 46.5 Å². The Morgan fingerprint density at radius 3 is 2.81 bits per heavy atom. The summed E-state index contributed by atoms with van der Waals surface area (Å²) in [4.78, 5) is 3.14. The van der Waals surface area contributed by atoms with Gasteiger partial charge in [0.25, 0.3) is 0 Å². The minimum atomic E-state index is 0.514. The highest BCUT2D eigenvalue weighted by atomic mass is 35.5. The van der Waals surface area contributed by atoms with Crippen molar-refractivity contribution in [2.75, 3.05) is 0 Å². The SMILES string of the molecule is S=c1[nH]c2cccc(Cl)c2n1-c1c(Cl)ccc2nsnc12. The minimum absolute atomic E-state index is 0.514. The Morgan fingerprint density at radius 1 is 1.10 bits per heavy atom. The molecule has 104 valence electrons. The van der Waals surface area contributed by atoms with Gasteiger partial charge in [0.05, 0.1) is 38.5 Å². The molecule has 0 atom stereocenters. The summed E-state index contributed by atoms with van der Waals surface area (Å²) in [5.74, 6) is 0. The lowest BCUT2D eigenvalue weighted by Gasteiger charge is -2.08. The molecule has 0 aliphatic rings. The molecule has 4 aromatic rings. The summed E-state index contributed by atoms with van der Waals surface area (Å²) in [5, 5.41) is 1.14. The lowest BCUT2D eigenvalue weighted by molar-refractivity contribution is 1.07. The largest absolute Gasteiger partial charge is 0.330 e. The molecule has 2 heterocycles. The summed E-state index contributed by atoms with van der Waals surface area (Å²) in [6.07, 6.45) is 0. The van der Waals surface area contributed by atoms with Crippen LogP contribution < -0.4 is 0 Å². The van der Waals surface area contributed by atoms with Crippen LogP contribution in [0.1, 0.15) is 0 Å². The Kier molecular flexibility index (Phi) is 3.00.